The van der Waals surface area contributed by atoms with Crippen molar-refractivity contribution in [1.82, 2.24) is 0 Å². The molecule has 9 heavy (non-hydrogen) atoms. The maximum absolute atomic E-state index is 5.24. The molecule has 2 atom stereocenters. The van der Waals surface area contributed by atoms with E-state index in [-0.39, 0.29) is 18.5 Å². The molecule has 0 spiro atoms. The Balaban J connectivity index is 2.43. The minimum absolute atomic E-state index is 0.175. The summed E-state index contributed by atoms with van der Waals surface area (Å²) >= 11 is 4.64. The molecule has 0 aromatic heterocycles. The lowest BCUT2D eigenvalue weighted by Gasteiger charge is -2.02. The summed E-state index contributed by atoms with van der Waals surface area (Å²) in [5, 5.41) is 1.50. The monoisotopic (exact) mass is 146 g/mol. The number of ether oxygens (including phenoxy) is 2. The summed E-state index contributed by atoms with van der Waals surface area (Å²) in [6, 6.07) is 0. The molecule has 52 valence electrons. The van der Waals surface area contributed by atoms with E-state index in [2.05, 4.69) is 12.2 Å². The van der Waals surface area contributed by atoms with E-state index in [0.717, 1.165) is 0 Å². The maximum Gasteiger partial charge on any atom is 0.187 e. The Bertz CT molecular complexity index is 106. The van der Waals surface area contributed by atoms with Gasteiger partial charge in [-0.15, -0.1) is 0 Å². The number of hydrogen-bond donors (Lipinski definition) is 0. The Hall–Kier alpha value is 0.01000. The van der Waals surface area contributed by atoms with E-state index >= 15 is 0 Å². The lowest BCUT2D eigenvalue weighted by atomic mass is 10.3. The van der Waals surface area contributed by atoms with Crippen LogP contribution in [-0.2, 0) is 9.47 Å². The normalized spacial score (nSPS) is 43.1. The van der Waals surface area contributed by atoms with Crippen molar-refractivity contribution in [2.24, 2.45) is 0 Å². The van der Waals surface area contributed by atoms with E-state index in [1.54, 1.807) is 0 Å². The molecule has 3 heteroatoms. The van der Waals surface area contributed by atoms with Gasteiger partial charge in [-0.05, 0) is 13.8 Å². The van der Waals surface area contributed by atoms with Gasteiger partial charge in [-0.1, -0.05) is 12.2 Å². The average molecular weight is 146 g/mol. The van der Waals surface area contributed by atoms with Crippen LogP contribution in [0.1, 0.15) is 13.8 Å². The predicted octanol–water partition coefficient (Wildman–Crippen LogP) is 1.14. The fourth-order valence-electron chi connectivity index (χ4n) is 0.741. The average Bonchev–Trinajstić information content (AvgIpc) is 2.13. The molecule has 0 N–H and O–H groups in total. The lowest BCUT2D eigenvalue weighted by molar-refractivity contribution is -0.00333. The predicted molar refractivity (Wildman–Crippen MR) is 38.5 cm³/mol. The molecule has 1 rings (SSSR count). The first kappa shape index (κ1) is 7.12. The molecule has 0 saturated carbocycles. The van der Waals surface area contributed by atoms with E-state index in [1.165, 1.54) is 5.37 Å². The second-order valence-corrected chi connectivity index (χ2v) is 2.46. The van der Waals surface area contributed by atoms with Gasteiger partial charge in [-0.25, -0.2) is 0 Å². The largest absolute Gasteiger partial charge is 0.342 e. The fourth-order valence-corrected chi connectivity index (χ4v) is 0.869. The standard InChI is InChI=1S/C6H10O2S/c1-4-5(2)8-6(3-9)7-4/h3-6H,1-2H3. The Kier molecular flexibility index (Phi) is 2.16. The van der Waals surface area contributed by atoms with E-state index < -0.39 is 0 Å². The maximum atomic E-state index is 5.24. The third kappa shape index (κ3) is 1.47. The van der Waals surface area contributed by atoms with Crippen molar-refractivity contribution in [2.75, 3.05) is 0 Å². The lowest BCUT2D eigenvalue weighted by Crippen LogP contribution is -2.13. The molecule has 1 aliphatic rings. The number of rotatable bonds is 1. The highest BCUT2D eigenvalue weighted by molar-refractivity contribution is 7.79. The molecule has 0 radical (unpaired) electrons. The highest BCUT2D eigenvalue weighted by atomic mass is 32.1. The quantitative estimate of drug-likeness (QED) is 0.517. The summed E-state index contributed by atoms with van der Waals surface area (Å²) in [5.74, 6) is 0. The molecular formula is C6H10O2S. The van der Waals surface area contributed by atoms with Crippen LogP contribution in [0.15, 0.2) is 0 Å². The molecule has 1 heterocycles. The van der Waals surface area contributed by atoms with Crippen LogP contribution in [0.2, 0.25) is 0 Å². The van der Waals surface area contributed by atoms with Crippen molar-refractivity contribution < 1.29 is 9.47 Å². The number of thiocarbonyl (C=S) groups is 1. The molecule has 0 amide bonds. The van der Waals surface area contributed by atoms with Crippen molar-refractivity contribution in [2.45, 2.75) is 32.3 Å². The van der Waals surface area contributed by atoms with Gasteiger partial charge in [-0.3, -0.25) is 0 Å². The van der Waals surface area contributed by atoms with Crippen molar-refractivity contribution in [3.05, 3.63) is 0 Å². The van der Waals surface area contributed by atoms with Crippen molar-refractivity contribution >= 4 is 17.6 Å². The topological polar surface area (TPSA) is 18.5 Å². The third-order valence-corrected chi connectivity index (χ3v) is 1.69. The Morgan fingerprint density at radius 2 is 1.67 bits per heavy atom. The van der Waals surface area contributed by atoms with Crippen LogP contribution >= 0.6 is 12.2 Å². The second kappa shape index (κ2) is 2.73. The van der Waals surface area contributed by atoms with Gasteiger partial charge in [0.05, 0.1) is 12.2 Å². The van der Waals surface area contributed by atoms with E-state index in [4.69, 9.17) is 9.47 Å². The summed E-state index contributed by atoms with van der Waals surface area (Å²) < 4.78 is 10.5. The third-order valence-electron chi connectivity index (χ3n) is 1.47. The summed E-state index contributed by atoms with van der Waals surface area (Å²) in [7, 11) is 0. The number of hydrogen-bond acceptors (Lipinski definition) is 3. The highest BCUT2D eigenvalue weighted by Gasteiger charge is 2.27. The summed E-state index contributed by atoms with van der Waals surface area (Å²) in [6.07, 6.45) is 0.0911. The smallest absolute Gasteiger partial charge is 0.187 e. The van der Waals surface area contributed by atoms with Gasteiger partial charge >= 0.3 is 0 Å². The van der Waals surface area contributed by atoms with Gasteiger partial charge in [0.1, 0.15) is 0 Å². The highest BCUT2D eigenvalue weighted by Crippen LogP contribution is 2.16. The van der Waals surface area contributed by atoms with E-state index in [1.807, 2.05) is 13.8 Å². The molecule has 2 unspecified atom stereocenters. The molecule has 1 saturated heterocycles. The van der Waals surface area contributed by atoms with Crippen LogP contribution in [0.25, 0.3) is 0 Å². The van der Waals surface area contributed by atoms with Crippen LogP contribution in [0, 0.1) is 0 Å². The van der Waals surface area contributed by atoms with E-state index in [9.17, 15) is 0 Å². The van der Waals surface area contributed by atoms with Crippen LogP contribution in [-0.4, -0.2) is 23.9 Å². The first-order valence-corrected chi connectivity index (χ1v) is 3.47. The molecule has 0 aromatic carbocycles. The molecule has 1 aliphatic heterocycles. The van der Waals surface area contributed by atoms with Gasteiger partial charge < -0.3 is 9.47 Å². The first-order chi connectivity index (χ1) is 4.24. The zero-order chi connectivity index (χ0) is 6.85. The minimum atomic E-state index is -0.259. The van der Waals surface area contributed by atoms with Crippen LogP contribution < -0.4 is 0 Å². The van der Waals surface area contributed by atoms with Gasteiger partial charge in [0.15, 0.2) is 6.29 Å². The second-order valence-electron chi connectivity index (χ2n) is 2.19. The zero-order valence-electron chi connectivity index (χ0n) is 5.53. The minimum Gasteiger partial charge on any atom is -0.342 e. The summed E-state index contributed by atoms with van der Waals surface area (Å²) in [6.45, 7) is 3.95. The van der Waals surface area contributed by atoms with Crippen molar-refractivity contribution in [3.8, 4) is 0 Å². The molecule has 0 aromatic rings. The van der Waals surface area contributed by atoms with Gasteiger partial charge in [-0.2, -0.15) is 0 Å². The Morgan fingerprint density at radius 1 is 1.22 bits per heavy atom. The van der Waals surface area contributed by atoms with E-state index in [0.29, 0.717) is 0 Å². The molecule has 0 aliphatic carbocycles. The van der Waals surface area contributed by atoms with Crippen molar-refractivity contribution in [3.63, 3.8) is 0 Å². The Morgan fingerprint density at radius 3 is 1.89 bits per heavy atom. The van der Waals surface area contributed by atoms with Crippen LogP contribution in [0.4, 0.5) is 0 Å². The van der Waals surface area contributed by atoms with Crippen LogP contribution in [0.5, 0.6) is 0 Å². The molecule has 0 bridgehead atoms. The first-order valence-electron chi connectivity index (χ1n) is 3.00. The SMILES string of the molecule is CC1OC(C=S)OC1C. The van der Waals surface area contributed by atoms with Gasteiger partial charge in [0.2, 0.25) is 0 Å². The fraction of sp³-hybridized carbons (Fsp3) is 0.833. The molecule has 2 nitrogen and oxygen atoms in total. The van der Waals surface area contributed by atoms with Crippen molar-refractivity contribution in [1.29, 1.82) is 0 Å². The van der Waals surface area contributed by atoms with Crippen LogP contribution in [0.3, 0.4) is 0 Å². The zero-order valence-corrected chi connectivity index (χ0v) is 6.35. The molecular weight excluding hydrogens is 136 g/mol. The Labute approximate surface area is 60.1 Å². The van der Waals surface area contributed by atoms with Gasteiger partial charge in [0, 0.05) is 5.37 Å². The molecule has 1 fully saturated rings. The van der Waals surface area contributed by atoms with Gasteiger partial charge in [0.25, 0.3) is 0 Å². The summed E-state index contributed by atoms with van der Waals surface area (Å²) in [4.78, 5) is 0. The summed E-state index contributed by atoms with van der Waals surface area (Å²) in [5.41, 5.74) is 0.